The summed E-state index contributed by atoms with van der Waals surface area (Å²) in [5, 5.41) is 0. The monoisotopic (exact) mass is 326 g/mol. The van der Waals surface area contributed by atoms with Crippen molar-refractivity contribution in [1.82, 2.24) is 0 Å². The number of ether oxygens (including phenoxy) is 1. The van der Waals surface area contributed by atoms with Gasteiger partial charge in [0.25, 0.3) is 0 Å². The number of nitrogens with zero attached hydrogens (tertiary/aromatic N) is 1. The lowest BCUT2D eigenvalue weighted by Crippen LogP contribution is -2.29. The van der Waals surface area contributed by atoms with Gasteiger partial charge < -0.3 is 9.64 Å². The van der Waals surface area contributed by atoms with Crippen molar-refractivity contribution in [2.24, 2.45) is 0 Å². The molecule has 7 heteroatoms. The second kappa shape index (κ2) is 7.49. The maximum atomic E-state index is 11.8. The summed E-state index contributed by atoms with van der Waals surface area (Å²) in [5.74, 6) is -1.42. The van der Waals surface area contributed by atoms with Crippen molar-refractivity contribution in [2.45, 2.75) is 26.2 Å². The molecule has 1 heterocycles. The predicted molar refractivity (Wildman–Crippen MR) is 86.5 cm³/mol. The topological polar surface area (TPSA) is 75.7 Å². The first kappa shape index (κ1) is 16.6. The molecule has 0 unspecified atom stereocenters. The number of carbonyl (C=O) groups is 1. The van der Waals surface area contributed by atoms with Crippen LogP contribution < -0.4 is 9.62 Å². The summed E-state index contributed by atoms with van der Waals surface area (Å²) < 4.78 is 30.7. The second-order valence-corrected chi connectivity index (χ2v) is 6.98. The Morgan fingerprint density at radius 2 is 1.82 bits per heavy atom. The molecule has 1 aromatic rings. The lowest BCUT2D eigenvalue weighted by Gasteiger charge is -2.28. The van der Waals surface area contributed by atoms with Crippen LogP contribution in [0.2, 0.25) is 0 Å². The first-order chi connectivity index (χ1) is 10.5. The first-order valence-corrected chi connectivity index (χ1v) is 9.16. The van der Waals surface area contributed by atoms with Gasteiger partial charge in [0, 0.05) is 24.5 Å². The molecule has 1 saturated heterocycles. The number of esters is 1. The van der Waals surface area contributed by atoms with Gasteiger partial charge in [0.15, 0.2) is 5.75 Å². The molecule has 122 valence electrons. The molecule has 0 atom stereocenters. The average Bonchev–Trinajstić information content (AvgIpc) is 2.48. The van der Waals surface area contributed by atoms with Crippen LogP contribution in [0, 0.1) is 0 Å². The zero-order valence-electron chi connectivity index (χ0n) is 12.7. The van der Waals surface area contributed by atoms with Gasteiger partial charge in [-0.25, -0.2) is 8.42 Å². The summed E-state index contributed by atoms with van der Waals surface area (Å²) in [6.45, 7) is 3.87. The van der Waals surface area contributed by atoms with Crippen LogP contribution in [0.25, 0.3) is 0 Å². The third-order valence-corrected chi connectivity index (χ3v) is 4.64. The van der Waals surface area contributed by atoms with Crippen molar-refractivity contribution < 1.29 is 17.9 Å². The fourth-order valence-corrected chi connectivity index (χ4v) is 3.43. The smallest absolute Gasteiger partial charge is 0.323 e. The van der Waals surface area contributed by atoms with E-state index < -0.39 is 21.7 Å². The summed E-state index contributed by atoms with van der Waals surface area (Å²) in [4.78, 5) is 13.6. The van der Waals surface area contributed by atoms with E-state index >= 15 is 0 Å². The van der Waals surface area contributed by atoms with E-state index in [9.17, 15) is 13.2 Å². The number of carbonyl (C=O) groups excluding carboxylic acids is 1. The summed E-state index contributed by atoms with van der Waals surface area (Å²) in [5.41, 5.74) is 1.54. The molecule has 0 amide bonds. The van der Waals surface area contributed by atoms with Crippen LogP contribution in [-0.2, 0) is 19.6 Å². The molecule has 0 aliphatic carbocycles. The fourth-order valence-electron chi connectivity index (χ4n) is 2.47. The van der Waals surface area contributed by atoms with Gasteiger partial charge in [0.2, 0.25) is 10.0 Å². The van der Waals surface area contributed by atoms with Crippen LogP contribution in [0.3, 0.4) is 0 Å². The van der Waals surface area contributed by atoms with Crippen molar-refractivity contribution in [2.75, 3.05) is 35.1 Å². The molecule has 1 fully saturated rings. The van der Waals surface area contributed by atoms with Crippen molar-refractivity contribution in [3.63, 3.8) is 0 Å². The molecule has 0 bridgehead atoms. The SMILES string of the molecule is CCOC(=O)CS(=O)(=O)Nc1ccc(N2CCCCC2)cc1. The Morgan fingerprint density at radius 3 is 2.41 bits per heavy atom. The molecule has 0 aromatic heterocycles. The number of sulfonamides is 1. The Morgan fingerprint density at radius 1 is 1.18 bits per heavy atom. The summed E-state index contributed by atoms with van der Waals surface area (Å²) in [7, 11) is -3.73. The predicted octanol–water partition coefficient (Wildman–Crippen LogP) is 1.98. The normalized spacial score (nSPS) is 15.4. The van der Waals surface area contributed by atoms with E-state index in [0.29, 0.717) is 5.69 Å². The van der Waals surface area contributed by atoms with Crippen LogP contribution in [0.4, 0.5) is 11.4 Å². The maximum Gasteiger partial charge on any atom is 0.323 e. The van der Waals surface area contributed by atoms with E-state index in [4.69, 9.17) is 0 Å². The Hall–Kier alpha value is -1.76. The number of nitrogens with one attached hydrogen (secondary N) is 1. The highest BCUT2D eigenvalue weighted by atomic mass is 32.2. The highest BCUT2D eigenvalue weighted by molar-refractivity contribution is 7.93. The molecule has 22 heavy (non-hydrogen) atoms. The van der Waals surface area contributed by atoms with Crippen molar-refractivity contribution in [3.05, 3.63) is 24.3 Å². The summed E-state index contributed by atoms with van der Waals surface area (Å²) in [6, 6.07) is 7.22. The Bertz CT molecular complexity index is 592. The summed E-state index contributed by atoms with van der Waals surface area (Å²) in [6.07, 6.45) is 3.64. The number of piperidine rings is 1. The maximum absolute atomic E-state index is 11.8. The average molecular weight is 326 g/mol. The number of benzene rings is 1. The molecule has 0 spiro atoms. The van der Waals surface area contributed by atoms with E-state index in [1.165, 1.54) is 19.3 Å². The van der Waals surface area contributed by atoms with E-state index in [1.54, 1.807) is 19.1 Å². The Balaban J connectivity index is 1.96. The zero-order chi connectivity index (χ0) is 16.0. The van der Waals surface area contributed by atoms with E-state index in [1.807, 2.05) is 12.1 Å². The molecule has 1 aliphatic rings. The highest BCUT2D eigenvalue weighted by Gasteiger charge is 2.17. The molecule has 1 N–H and O–H groups in total. The lowest BCUT2D eigenvalue weighted by atomic mass is 10.1. The Labute approximate surface area is 131 Å². The van der Waals surface area contributed by atoms with Gasteiger partial charge in [-0.05, 0) is 50.5 Å². The molecule has 0 radical (unpaired) electrons. The number of hydrogen-bond donors (Lipinski definition) is 1. The number of hydrogen-bond acceptors (Lipinski definition) is 5. The van der Waals surface area contributed by atoms with Gasteiger partial charge in [-0.1, -0.05) is 0 Å². The molecular formula is C15H22N2O4S. The third-order valence-electron chi connectivity index (χ3n) is 3.48. The van der Waals surface area contributed by atoms with Crippen molar-refractivity contribution >= 4 is 27.4 Å². The minimum Gasteiger partial charge on any atom is -0.465 e. The Kier molecular flexibility index (Phi) is 5.65. The minimum absolute atomic E-state index is 0.166. The fraction of sp³-hybridized carbons (Fsp3) is 0.533. The first-order valence-electron chi connectivity index (χ1n) is 7.51. The van der Waals surface area contributed by atoms with Gasteiger partial charge in [0.05, 0.1) is 6.61 Å². The molecule has 1 aliphatic heterocycles. The molecule has 6 nitrogen and oxygen atoms in total. The van der Waals surface area contributed by atoms with Crippen LogP contribution in [0.1, 0.15) is 26.2 Å². The van der Waals surface area contributed by atoms with E-state index in [0.717, 1.165) is 18.8 Å². The lowest BCUT2D eigenvalue weighted by molar-refractivity contribution is -0.139. The van der Waals surface area contributed by atoms with Crippen molar-refractivity contribution in [3.8, 4) is 0 Å². The number of anilines is 2. The van der Waals surface area contributed by atoms with Gasteiger partial charge in [0.1, 0.15) is 0 Å². The van der Waals surface area contributed by atoms with Gasteiger partial charge in [-0.2, -0.15) is 0 Å². The quantitative estimate of drug-likeness (QED) is 0.809. The van der Waals surface area contributed by atoms with Crippen molar-refractivity contribution in [1.29, 1.82) is 0 Å². The van der Waals surface area contributed by atoms with Crippen LogP contribution >= 0.6 is 0 Å². The summed E-state index contributed by atoms with van der Waals surface area (Å²) >= 11 is 0. The molecule has 1 aromatic carbocycles. The minimum atomic E-state index is -3.73. The molecule has 0 saturated carbocycles. The molecular weight excluding hydrogens is 304 g/mol. The van der Waals surface area contributed by atoms with E-state index in [2.05, 4.69) is 14.4 Å². The number of rotatable bonds is 6. The van der Waals surface area contributed by atoms with E-state index in [-0.39, 0.29) is 6.61 Å². The van der Waals surface area contributed by atoms with Crippen LogP contribution in [0.15, 0.2) is 24.3 Å². The highest BCUT2D eigenvalue weighted by Crippen LogP contribution is 2.22. The van der Waals surface area contributed by atoms with Crippen LogP contribution in [0.5, 0.6) is 0 Å². The van der Waals surface area contributed by atoms with Gasteiger partial charge >= 0.3 is 5.97 Å². The largest absolute Gasteiger partial charge is 0.465 e. The van der Waals surface area contributed by atoms with Gasteiger partial charge in [-0.3, -0.25) is 9.52 Å². The molecule has 2 rings (SSSR count). The zero-order valence-corrected chi connectivity index (χ0v) is 13.6. The van der Waals surface area contributed by atoms with Crippen LogP contribution in [-0.4, -0.2) is 39.8 Å². The second-order valence-electron chi connectivity index (χ2n) is 5.26. The standard InChI is InChI=1S/C15H22N2O4S/c1-2-21-15(18)12-22(19,20)16-13-6-8-14(9-7-13)17-10-4-3-5-11-17/h6-9,16H,2-5,10-12H2,1H3. The van der Waals surface area contributed by atoms with Gasteiger partial charge in [-0.15, -0.1) is 0 Å². The third kappa shape index (κ3) is 4.91.